The third-order valence-electron chi connectivity index (χ3n) is 2.69. The number of aliphatic carboxylic acids is 1. The quantitative estimate of drug-likeness (QED) is 0.758. The van der Waals surface area contributed by atoms with Crippen molar-refractivity contribution in [3.8, 4) is 11.5 Å². The molecule has 0 aromatic heterocycles. The molecular formula is C13H17NO4. The van der Waals surface area contributed by atoms with E-state index < -0.39 is 5.97 Å². The van der Waals surface area contributed by atoms with Crippen LogP contribution in [0.3, 0.4) is 0 Å². The number of fused-ring (bicyclic) bond motifs is 1. The van der Waals surface area contributed by atoms with Gasteiger partial charge in [0.2, 0.25) is 0 Å². The van der Waals surface area contributed by atoms with Crippen LogP contribution >= 0.6 is 0 Å². The zero-order valence-corrected chi connectivity index (χ0v) is 10.1. The van der Waals surface area contributed by atoms with Gasteiger partial charge in [0.05, 0.1) is 0 Å². The first-order valence-electron chi connectivity index (χ1n) is 6.11. The van der Waals surface area contributed by atoms with E-state index >= 15 is 0 Å². The van der Waals surface area contributed by atoms with Gasteiger partial charge in [-0.1, -0.05) is 0 Å². The lowest BCUT2D eigenvalue weighted by molar-refractivity contribution is -0.137. The smallest absolute Gasteiger partial charge is 0.303 e. The molecule has 5 nitrogen and oxygen atoms in total. The van der Waals surface area contributed by atoms with Crippen molar-refractivity contribution in [1.82, 2.24) is 0 Å². The second kappa shape index (κ2) is 6.14. The predicted octanol–water partition coefficient (Wildman–Crippen LogP) is 2.12. The lowest BCUT2D eigenvalue weighted by atomic mass is 10.2. The van der Waals surface area contributed by atoms with Gasteiger partial charge in [-0.05, 0) is 25.0 Å². The summed E-state index contributed by atoms with van der Waals surface area (Å²) in [7, 11) is 0. The van der Waals surface area contributed by atoms with Gasteiger partial charge < -0.3 is 19.9 Å². The number of ether oxygens (including phenoxy) is 2. The number of carbonyl (C=O) groups is 1. The predicted molar refractivity (Wildman–Crippen MR) is 67.4 cm³/mol. The SMILES string of the molecule is O=C(O)CCCCNc1ccc2c(c1)OCCO2. The molecule has 1 aromatic rings. The van der Waals surface area contributed by atoms with Crippen LogP contribution in [0.5, 0.6) is 11.5 Å². The summed E-state index contributed by atoms with van der Waals surface area (Å²) in [4.78, 5) is 10.3. The molecule has 98 valence electrons. The number of unbranched alkanes of at least 4 members (excludes halogenated alkanes) is 1. The minimum atomic E-state index is -0.741. The molecule has 1 aliphatic rings. The van der Waals surface area contributed by atoms with Crippen LogP contribution in [0.1, 0.15) is 19.3 Å². The highest BCUT2D eigenvalue weighted by atomic mass is 16.6. The highest BCUT2D eigenvalue weighted by Gasteiger charge is 2.11. The molecule has 1 aromatic carbocycles. The van der Waals surface area contributed by atoms with Crippen LogP contribution in [0.4, 0.5) is 5.69 Å². The molecule has 0 amide bonds. The summed E-state index contributed by atoms with van der Waals surface area (Å²) in [5, 5.41) is 11.8. The maximum atomic E-state index is 10.3. The number of nitrogens with one attached hydrogen (secondary N) is 1. The van der Waals surface area contributed by atoms with Gasteiger partial charge in [0, 0.05) is 24.7 Å². The Balaban J connectivity index is 1.77. The van der Waals surface area contributed by atoms with Gasteiger partial charge in [0.25, 0.3) is 0 Å². The van der Waals surface area contributed by atoms with E-state index in [0.717, 1.165) is 30.2 Å². The number of hydrogen-bond acceptors (Lipinski definition) is 4. The van der Waals surface area contributed by atoms with Crippen LogP contribution in [0, 0.1) is 0 Å². The molecule has 0 bridgehead atoms. The van der Waals surface area contributed by atoms with Gasteiger partial charge >= 0.3 is 5.97 Å². The number of anilines is 1. The Hall–Kier alpha value is -1.91. The molecule has 18 heavy (non-hydrogen) atoms. The largest absolute Gasteiger partial charge is 0.486 e. The summed E-state index contributed by atoms with van der Waals surface area (Å²) in [6.45, 7) is 1.93. The van der Waals surface area contributed by atoms with Crippen molar-refractivity contribution in [3.05, 3.63) is 18.2 Å². The number of benzene rings is 1. The van der Waals surface area contributed by atoms with E-state index in [2.05, 4.69) is 5.32 Å². The molecule has 0 saturated heterocycles. The maximum Gasteiger partial charge on any atom is 0.303 e. The van der Waals surface area contributed by atoms with Crippen molar-refractivity contribution in [2.75, 3.05) is 25.1 Å². The normalized spacial score (nSPS) is 13.1. The second-order valence-corrected chi connectivity index (χ2v) is 4.14. The first-order valence-corrected chi connectivity index (χ1v) is 6.11. The van der Waals surface area contributed by atoms with Crippen LogP contribution in [0.2, 0.25) is 0 Å². The molecule has 2 rings (SSSR count). The van der Waals surface area contributed by atoms with Crippen LogP contribution in [-0.2, 0) is 4.79 Å². The van der Waals surface area contributed by atoms with Gasteiger partial charge in [-0.25, -0.2) is 0 Å². The van der Waals surface area contributed by atoms with E-state index in [0.29, 0.717) is 19.6 Å². The van der Waals surface area contributed by atoms with Crippen molar-refractivity contribution in [1.29, 1.82) is 0 Å². The molecule has 0 saturated carbocycles. The Morgan fingerprint density at radius 3 is 2.78 bits per heavy atom. The highest BCUT2D eigenvalue weighted by molar-refractivity contribution is 5.66. The molecule has 0 radical (unpaired) electrons. The fourth-order valence-corrected chi connectivity index (χ4v) is 1.79. The van der Waals surface area contributed by atoms with Gasteiger partial charge in [0.1, 0.15) is 13.2 Å². The Morgan fingerprint density at radius 1 is 1.22 bits per heavy atom. The molecule has 2 N–H and O–H groups in total. The molecular weight excluding hydrogens is 234 g/mol. The average Bonchev–Trinajstić information content (AvgIpc) is 2.38. The van der Waals surface area contributed by atoms with Crippen molar-refractivity contribution in [2.45, 2.75) is 19.3 Å². The fourth-order valence-electron chi connectivity index (χ4n) is 1.79. The molecule has 1 heterocycles. The Bertz CT molecular complexity index is 419. The third-order valence-corrected chi connectivity index (χ3v) is 2.69. The molecule has 0 spiro atoms. The molecule has 5 heteroatoms. The van der Waals surface area contributed by atoms with Crippen molar-refractivity contribution >= 4 is 11.7 Å². The third kappa shape index (κ3) is 3.55. The van der Waals surface area contributed by atoms with E-state index in [4.69, 9.17) is 14.6 Å². The minimum absolute atomic E-state index is 0.225. The lowest BCUT2D eigenvalue weighted by Crippen LogP contribution is -2.15. The van der Waals surface area contributed by atoms with Crippen LogP contribution < -0.4 is 14.8 Å². The van der Waals surface area contributed by atoms with Crippen molar-refractivity contribution < 1.29 is 19.4 Å². The summed E-state index contributed by atoms with van der Waals surface area (Å²) < 4.78 is 10.9. The van der Waals surface area contributed by atoms with Gasteiger partial charge in [-0.2, -0.15) is 0 Å². The first-order chi connectivity index (χ1) is 8.75. The van der Waals surface area contributed by atoms with Crippen LogP contribution in [0.15, 0.2) is 18.2 Å². The fraction of sp³-hybridized carbons (Fsp3) is 0.462. The van der Waals surface area contributed by atoms with Gasteiger partial charge in [0.15, 0.2) is 11.5 Å². The zero-order valence-electron chi connectivity index (χ0n) is 10.1. The molecule has 0 atom stereocenters. The van der Waals surface area contributed by atoms with Crippen LogP contribution in [-0.4, -0.2) is 30.8 Å². The van der Waals surface area contributed by atoms with E-state index in [9.17, 15) is 4.79 Å². The van der Waals surface area contributed by atoms with Crippen LogP contribution in [0.25, 0.3) is 0 Å². The molecule has 0 unspecified atom stereocenters. The minimum Gasteiger partial charge on any atom is -0.486 e. The molecule has 1 aliphatic heterocycles. The van der Waals surface area contributed by atoms with Crippen molar-refractivity contribution in [2.24, 2.45) is 0 Å². The summed E-state index contributed by atoms with van der Waals surface area (Å²) in [5.74, 6) is 0.795. The summed E-state index contributed by atoms with van der Waals surface area (Å²) in [6, 6.07) is 5.73. The summed E-state index contributed by atoms with van der Waals surface area (Å²) >= 11 is 0. The number of carboxylic acids is 1. The number of rotatable bonds is 6. The number of hydrogen-bond donors (Lipinski definition) is 2. The lowest BCUT2D eigenvalue weighted by Gasteiger charge is -2.19. The summed E-state index contributed by atoms with van der Waals surface area (Å²) in [6.07, 6.45) is 1.75. The van der Waals surface area contributed by atoms with E-state index in [-0.39, 0.29) is 6.42 Å². The van der Waals surface area contributed by atoms with Crippen molar-refractivity contribution in [3.63, 3.8) is 0 Å². The van der Waals surface area contributed by atoms with E-state index in [1.54, 1.807) is 0 Å². The molecule has 0 aliphatic carbocycles. The highest BCUT2D eigenvalue weighted by Crippen LogP contribution is 2.32. The zero-order chi connectivity index (χ0) is 12.8. The maximum absolute atomic E-state index is 10.3. The molecule has 0 fully saturated rings. The monoisotopic (exact) mass is 251 g/mol. The first kappa shape index (κ1) is 12.5. The van der Waals surface area contributed by atoms with Gasteiger partial charge in [-0.3, -0.25) is 4.79 Å². The van der Waals surface area contributed by atoms with E-state index in [1.807, 2.05) is 18.2 Å². The van der Waals surface area contributed by atoms with E-state index in [1.165, 1.54) is 0 Å². The van der Waals surface area contributed by atoms with Gasteiger partial charge in [-0.15, -0.1) is 0 Å². The Labute approximate surface area is 106 Å². The topological polar surface area (TPSA) is 67.8 Å². The standard InChI is InChI=1S/C13H17NO4/c15-13(16)3-1-2-6-14-10-4-5-11-12(9-10)18-8-7-17-11/h4-5,9,14H,1-3,6-8H2,(H,15,16). The Morgan fingerprint density at radius 2 is 2.00 bits per heavy atom. The number of carboxylic acid groups (broad SMARTS) is 1. The second-order valence-electron chi connectivity index (χ2n) is 4.14. The average molecular weight is 251 g/mol. The summed E-state index contributed by atoms with van der Waals surface area (Å²) in [5.41, 5.74) is 0.967. The Kier molecular flexibility index (Phi) is 4.28.